The second kappa shape index (κ2) is 4.53. The summed E-state index contributed by atoms with van der Waals surface area (Å²) in [5, 5.41) is 3.48. The zero-order valence-electron chi connectivity index (χ0n) is 8.44. The van der Waals surface area contributed by atoms with Crippen molar-refractivity contribution in [3.63, 3.8) is 0 Å². The van der Waals surface area contributed by atoms with Crippen molar-refractivity contribution in [2.45, 2.75) is 32.0 Å². The fourth-order valence-corrected chi connectivity index (χ4v) is 1.75. The van der Waals surface area contributed by atoms with Crippen LogP contribution in [0.3, 0.4) is 0 Å². The lowest BCUT2D eigenvalue weighted by Gasteiger charge is -2.15. The van der Waals surface area contributed by atoms with Crippen LogP contribution in [0.15, 0.2) is 24.5 Å². The topological polar surface area (TPSA) is 34.1 Å². The summed E-state index contributed by atoms with van der Waals surface area (Å²) in [4.78, 5) is 4.08. The lowest BCUT2D eigenvalue weighted by Crippen LogP contribution is -2.34. The number of aromatic nitrogens is 1. The van der Waals surface area contributed by atoms with E-state index in [2.05, 4.69) is 23.3 Å². The minimum absolute atomic E-state index is 0.340. The van der Waals surface area contributed by atoms with Crippen molar-refractivity contribution in [1.82, 2.24) is 10.3 Å². The summed E-state index contributed by atoms with van der Waals surface area (Å²) in [5.41, 5.74) is 1.23. The van der Waals surface area contributed by atoms with Crippen molar-refractivity contribution in [3.05, 3.63) is 30.1 Å². The summed E-state index contributed by atoms with van der Waals surface area (Å²) in [5.74, 6) is 0. The van der Waals surface area contributed by atoms with Crippen molar-refractivity contribution in [1.29, 1.82) is 0 Å². The van der Waals surface area contributed by atoms with E-state index in [0.717, 1.165) is 19.6 Å². The molecule has 0 spiro atoms. The van der Waals surface area contributed by atoms with Gasteiger partial charge in [0.15, 0.2) is 0 Å². The SMILES string of the molecule is C[C@@H]1OCC[C@H]1NCc1cccnc1. The molecule has 1 N–H and O–H groups in total. The molecule has 0 aromatic carbocycles. The van der Waals surface area contributed by atoms with Crippen molar-refractivity contribution >= 4 is 0 Å². The smallest absolute Gasteiger partial charge is 0.0700 e. The second-order valence-electron chi connectivity index (χ2n) is 3.71. The highest BCUT2D eigenvalue weighted by Crippen LogP contribution is 2.12. The number of rotatable bonds is 3. The molecule has 1 aliphatic heterocycles. The van der Waals surface area contributed by atoms with Gasteiger partial charge in [0.1, 0.15) is 0 Å². The van der Waals surface area contributed by atoms with Crippen LogP contribution in [0.1, 0.15) is 18.9 Å². The number of hydrogen-bond acceptors (Lipinski definition) is 3. The van der Waals surface area contributed by atoms with Crippen LogP contribution < -0.4 is 5.32 Å². The van der Waals surface area contributed by atoms with Crippen LogP contribution in [-0.2, 0) is 11.3 Å². The van der Waals surface area contributed by atoms with Crippen molar-refractivity contribution in [2.75, 3.05) is 6.61 Å². The Balaban J connectivity index is 1.82. The molecule has 0 saturated carbocycles. The van der Waals surface area contributed by atoms with Crippen LogP contribution in [0.4, 0.5) is 0 Å². The maximum atomic E-state index is 5.48. The van der Waals surface area contributed by atoms with E-state index in [0.29, 0.717) is 12.1 Å². The minimum atomic E-state index is 0.340. The van der Waals surface area contributed by atoms with E-state index in [-0.39, 0.29) is 0 Å². The quantitative estimate of drug-likeness (QED) is 0.785. The van der Waals surface area contributed by atoms with Gasteiger partial charge in [0.25, 0.3) is 0 Å². The number of nitrogens with zero attached hydrogens (tertiary/aromatic N) is 1. The largest absolute Gasteiger partial charge is 0.377 e. The molecule has 1 aliphatic rings. The standard InChI is InChI=1S/C11H16N2O/c1-9-11(4-6-14-9)13-8-10-3-2-5-12-7-10/h2-3,5,7,9,11,13H,4,6,8H2,1H3/t9-,11+/m0/s1. The lowest BCUT2D eigenvalue weighted by atomic mass is 10.1. The Labute approximate surface area is 84.5 Å². The maximum Gasteiger partial charge on any atom is 0.0700 e. The van der Waals surface area contributed by atoms with Crippen molar-refractivity contribution in [3.8, 4) is 0 Å². The van der Waals surface area contributed by atoms with Gasteiger partial charge in [-0.25, -0.2) is 0 Å². The van der Waals surface area contributed by atoms with E-state index in [1.165, 1.54) is 5.56 Å². The number of pyridine rings is 1. The molecular formula is C11H16N2O. The third kappa shape index (κ3) is 2.30. The van der Waals surface area contributed by atoms with Gasteiger partial charge in [-0.05, 0) is 25.0 Å². The molecular weight excluding hydrogens is 176 g/mol. The predicted molar refractivity (Wildman–Crippen MR) is 54.9 cm³/mol. The molecule has 76 valence electrons. The van der Waals surface area contributed by atoms with Gasteiger partial charge in [-0.2, -0.15) is 0 Å². The van der Waals surface area contributed by atoms with Gasteiger partial charge < -0.3 is 10.1 Å². The fraction of sp³-hybridized carbons (Fsp3) is 0.545. The van der Waals surface area contributed by atoms with Crippen LogP contribution in [0, 0.1) is 0 Å². The molecule has 0 amide bonds. The molecule has 0 aliphatic carbocycles. The Kier molecular flexibility index (Phi) is 3.11. The Morgan fingerprint density at radius 2 is 2.57 bits per heavy atom. The molecule has 14 heavy (non-hydrogen) atoms. The van der Waals surface area contributed by atoms with Crippen LogP contribution in [0.5, 0.6) is 0 Å². The van der Waals surface area contributed by atoms with Gasteiger partial charge >= 0.3 is 0 Å². The van der Waals surface area contributed by atoms with Crippen LogP contribution in [0.2, 0.25) is 0 Å². The monoisotopic (exact) mass is 192 g/mol. The molecule has 2 heterocycles. The van der Waals surface area contributed by atoms with E-state index in [1.807, 2.05) is 12.3 Å². The summed E-state index contributed by atoms with van der Waals surface area (Å²) in [6, 6.07) is 4.54. The van der Waals surface area contributed by atoms with Gasteiger partial charge in [-0.3, -0.25) is 4.98 Å². The lowest BCUT2D eigenvalue weighted by molar-refractivity contribution is 0.113. The van der Waals surface area contributed by atoms with E-state index in [1.54, 1.807) is 6.20 Å². The summed E-state index contributed by atoms with van der Waals surface area (Å²) in [6.45, 7) is 3.88. The van der Waals surface area contributed by atoms with Gasteiger partial charge in [-0.1, -0.05) is 6.07 Å². The summed E-state index contributed by atoms with van der Waals surface area (Å²) in [7, 11) is 0. The molecule has 0 unspecified atom stereocenters. The third-order valence-corrected chi connectivity index (χ3v) is 2.67. The Hall–Kier alpha value is -0.930. The van der Waals surface area contributed by atoms with Gasteiger partial charge in [0.2, 0.25) is 0 Å². The summed E-state index contributed by atoms with van der Waals surface area (Å²) < 4.78 is 5.48. The molecule has 1 aromatic heterocycles. The highest BCUT2D eigenvalue weighted by atomic mass is 16.5. The van der Waals surface area contributed by atoms with E-state index < -0.39 is 0 Å². The first kappa shape index (κ1) is 9.62. The molecule has 3 nitrogen and oxygen atoms in total. The first-order valence-corrected chi connectivity index (χ1v) is 5.10. The van der Waals surface area contributed by atoms with Crippen LogP contribution >= 0.6 is 0 Å². The molecule has 0 radical (unpaired) electrons. The van der Waals surface area contributed by atoms with Gasteiger partial charge in [0.05, 0.1) is 6.10 Å². The zero-order chi connectivity index (χ0) is 9.80. The third-order valence-electron chi connectivity index (χ3n) is 2.67. The Morgan fingerprint density at radius 1 is 1.64 bits per heavy atom. The molecule has 1 fully saturated rings. The highest BCUT2D eigenvalue weighted by Gasteiger charge is 2.23. The Bertz CT molecular complexity index is 276. The number of nitrogens with one attached hydrogen (secondary N) is 1. The minimum Gasteiger partial charge on any atom is -0.377 e. The predicted octanol–water partition coefficient (Wildman–Crippen LogP) is 1.35. The molecule has 1 saturated heterocycles. The van der Waals surface area contributed by atoms with Crippen LogP contribution in [-0.4, -0.2) is 23.7 Å². The fourth-order valence-electron chi connectivity index (χ4n) is 1.75. The van der Waals surface area contributed by atoms with Crippen LogP contribution in [0.25, 0.3) is 0 Å². The number of ether oxygens (including phenoxy) is 1. The Morgan fingerprint density at radius 3 is 3.21 bits per heavy atom. The van der Waals surface area contributed by atoms with Gasteiger partial charge in [0, 0.05) is 31.6 Å². The first-order valence-electron chi connectivity index (χ1n) is 5.10. The first-order chi connectivity index (χ1) is 6.86. The van der Waals surface area contributed by atoms with E-state index in [4.69, 9.17) is 4.74 Å². The molecule has 3 heteroatoms. The zero-order valence-corrected chi connectivity index (χ0v) is 8.44. The molecule has 2 atom stereocenters. The summed E-state index contributed by atoms with van der Waals surface area (Å²) >= 11 is 0. The van der Waals surface area contributed by atoms with Crippen molar-refractivity contribution in [2.24, 2.45) is 0 Å². The maximum absolute atomic E-state index is 5.48. The molecule has 2 rings (SSSR count). The van der Waals surface area contributed by atoms with E-state index >= 15 is 0 Å². The normalized spacial score (nSPS) is 26.6. The summed E-state index contributed by atoms with van der Waals surface area (Å²) in [6.07, 6.45) is 5.14. The van der Waals surface area contributed by atoms with Crippen molar-refractivity contribution < 1.29 is 4.74 Å². The number of hydrogen-bond donors (Lipinski definition) is 1. The average molecular weight is 192 g/mol. The second-order valence-corrected chi connectivity index (χ2v) is 3.71. The molecule has 0 bridgehead atoms. The average Bonchev–Trinajstić information content (AvgIpc) is 2.63. The van der Waals surface area contributed by atoms with Gasteiger partial charge in [-0.15, -0.1) is 0 Å². The highest BCUT2D eigenvalue weighted by molar-refractivity contribution is 5.08. The van der Waals surface area contributed by atoms with E-state index in [9.17, 15) is 0 Å². The molecule has 1 aromatic rings.